The summed E-state index contributed by atoms with van der Waals surface area (Å²) in [6, 6.07) is 0.595. The number of likely N-dealkylation sites (tertiary alicyclic amines) is 1. The Labute approximate surface area is 166 Å². The van der Waals surface area contributed by atoms with Crippen LogP contribution in [0.15, 0.2) is 9.79 Å². The van der Waals surface area contributed by atoms with Gasteiger partial charge in [0.15, 0.2) is 5.96 Å². The maximum absolute atomic E-state index is 12.4. The number of nitrogens with one attached hydrogen (secondary N) is 1. The summed E-state index contributed by atoms with van der Waals surface area (Å²) in [6.07, 6.45) is 5.17. The minimum atomic E-state index is 0.0481. The number of guanidine groups is 1. The molecule has 0 aliphatic carbocycles. The maximum atomic E-state index is 12.4. The van der Waals surface area contributed by atoms with Crippen molar-refractivity contribution >= 4 is 5.96 Å². The van der Waals surface area contributed by atoms with Crippen molar-refractivity contribution in [2.24, 2.45) is 4.99 Å². The highest BCUT2D eigenvalue weighted by molar-refractivity contribution is 5.80. The van der Waals surface area contributed by atoms with E-state index in [1.165, 1.54) is 6.42 Å². The molecule has 4 heterocycles. The lowest BCUT2D eigenvalue weighted by atomic mass is 10.2. The Balaban J connectivity index is 1.23. The zero-order valence-electron chi connectivity index (χ0n) is 17.0. The van der Waals surface area contributed by atoms with Crippen LogP contribution >= 0.6 is 0 Å². The van der Waals surface area contributed by atoms with Crippen LogP contribution in [0.25, 0.3) is 0 Å². The van der Waals surface area contributed by atoms with Crippen LogP contribution in [-0.4, -0.2) is 89.1 Å². The molecule has 1 aromatic rings. The van der Waals surface area contributed by atoms with Gasteiger partial charge in [0, 0.05) is 65.3 Å². The molecule has 4 rings (SSSR count). The standard InChI is InChI=1S/C19H33N7O2/c1-20-18(24-10-6-16(15-24)23-11-13-28-14-12-23)21-7-4-9-26-19(27)25-8-3-2-5-17(25)22-26/h16H,2-15H2,1H3,(H,20,21). The summed E-state index contributed by atoms with van der Waals surface area (Å²) >= 11 is 0. The van der Waals surface area contributed by atoms with Crippen molar-refractivity contribution < 1.29 is 4.74 Å². The third kappa shape index (κ3) is 4.25. The van der Waals surface area contributed by atoms with Crippen LogP contribution in [0.2, 0.25) is 0 Å². The average Bonchev–Trinajstić information content (AvgIpc) is 3.35. The summed E-state index contributed by atoms with van der Waals surface area (Å²) in [7, 11) is 1.85. The third-order valence-corrected chi connectivity index (χ3v) is 6.10. The van der Waals surface area contributed by atoms with Crippen LogP contribution in [0.3, 0.4) is 0 Å². The van der Waals surface area contributed by atoms with Crippen molar-refractivity contribution in [1.82, 2.24) is 29.5 Å². The Morgan fingerprint density at radius 2 is 2.11 bits per heavy atom. The summed E-state index contributed by atoms with van der Waals surface area (Å²) in [5.41, 5.74) is 0.0481. The van der Waals surface area contributed by atoms with Gasteiger partial charge in [0.1, 0.15) is 5.82 Å². The predicted octanol–water partition coefficient (Wildman–Crippen LogP) is -0.247. The summed E-state index contributed by atoms with van der Waals surface area (Å²) in [5, 5.41) is 7.98. The van der Waals surface area contributed by atoms with Crippen LogP contribution in [0.5, 0.6) is 0 Å². The summed E-state index contributed by atoms with van der Waals surface area (Å²) < 4.78 is 8.94. The maximum Gasteiger partial charge on any atom is 0.345 e. The van der Waals surface area contributed by atoms with E-state index >= 15 is 0 Å². The molecule has 1 atom stereocenters. The highest BCUT2D eigenvalue weighted by Crippen LogP contribution is 2.17. The fourth-order valence-corrected chi connectivity index (χ4v) is 4.53. The molecule has 1 unspecified atom stereocenters. The molecule has 9 heteroatoms. The zero-order chi connectivity index (χ0) is 19.3. The number of hydrogen-bond donors (Lipinski definition) is 1. The Morgan fingerprint density at radius 3 is 2.89 bits per heavy atom. The van der Waals surface area contributed by atoms with E-state index in [9.17, 15) is 4.79 Å². The van der Waals surface area contributed by atoms with E-state index in [-0.39, 0.29) is 5.69 Å². The number of aryl methyl sites for hydroxylation is 2. The van der Waals surface area contributed by atoms with E-state index in [0.717, 1.165) is 89.9 Å². The van der Waals surface area contributed by atoms with E-state index < -0.39 is 0 Å². The number of aromatic nitrogens is 3. The van der Waals surface area contributed by atoms with Gasteiger partial charge in [-0.25, -0.2) is 9.48 Å². The topological polar surface area (TPSA) is 79.9 Å². The molecule has 3 aliphatic rings. The molecule has 0 bridgehead atoms. The third-order valence-electron chi connectivity index (χ3n) is 6.10. The van der Waals surface area contributed by atoms with E-state index in [1.54, 1.807) is 4.68 Å². The molecule has 2 fully saturated rings. The molecule has 0 saturated carbocycles. The van der Waals surface area contributed by atoms with Gasteiger partial charge in [-0.3, -0.25) is 14.5 Å². The lowest BCUT2D eigenvalue weighted by Gasteiger charge is -2.32. The molecule has 3 aliphatic heterocycles. The second kappa shape index (κ2) is 9.09. The zero-order valence-corrected chi connectivity index (χ0v) is 17.0. The summed E-state index contributed by atoms with van der Waals surface area (Å²) in [4.78, 5) is 21.7. The monoisotopic (exact) mass is 391 g/mol. The molecule has 1 aromatic heterocycles. The first-order valence-electron chi connectivity index (χ1n) is 10.7. The largest absolute Gasteiger partial charge is 0.379 e. The van der Waals surface area contributed by atoms with Crippen LogP contribution in [0, 0.1) is 0 Å². The minimum Gasteiger partial charge on any atom is -0.379 e. The Hall–Kier alpha value is -1.87. The van der Waals surface area contributed by atoms with Gasteiger partial charge in [-0.2, -0.15) is 5.10 Å². The molecule has 0 aromatic carbocycles. The van der Waals surface area contributed by atoms with Crippen molar-refractivity contribution in [1.29, 1.82) is 0 Å². The number of hydrogen-bond acceptors (Lipinski definition) is 5. The lowest BCUT2D eigenvalue weighted by Crippen LogP contribution is -2.46. The Kier molecular flexibility index (Phi) is 6.31. The van der Waals surface area contributed by atoms with E-state index in [2.05, 4.69) is 25.2 Å². The van der Waals surface area contributed by atoms with Crippen LogP contribution in [-0.2, 0) is 24.2 Å². The van der Waals surface area contributed by atoms with Gasteiger partial charge in [0.05, 0.1) is 13.2 Å². The van der Waals surface area contributed by atoms with Crippen molar-refractivity contribution in [3.8, 4) is 0 Å². The second-order valence-corrected chi connectivity index (χ2v) is 7.90. The summed E-state index contributed by atoms with van der Waals surface area (Å²) in [5.74, 6) is 1.92. The quantitative estimate of drug-likeness (QED) is 0.424. The fraction of sp³-hybridized carbons (Fsp3) is 0.842. The molecular formula is C19H33N7O2. The number of ether oxygens (including phenoxy) is 1. The van der Waals surface area contributed by atoms with Gasteiger partial charge in [-0.15, -0.1) is 0 Å². The molecule has 0 radical (unpaired) electrons. The first kappa shape index (κ1) is 19.4. The molecule has 2 saturated heterocycles. The molecule has 28 heavy (non-hydrogen) atoms. The normalized spacial score (nSPS) is 23.8. The van der Waals surface area contributed by atoms with Crippen molar-refractivity contribution in [3.63, 3.8) is 0 Å². The Bertz CT molecular complexity index is 735. The molecule has 0 amide bonds. The minimum absolute atomic E-state index is 0.0481. The van der Waals surface area contributed by atoms with E-state index in [1.807, 2.05) is 11.6 Å². The highest BCUT2D eigenvalue weighted by atomic mass is 16.5. The predicted molar refractivity (Wildman–Crippen MR) is 108 cm³/mol. The first-order chi connectivity index (χ1) is 13.8. The van der Waals surface area contributed by atoms with E-state index in [4.69, 9.17) is 4.74 Å². The van der Waals surface area contributed by atoms with E-state index in [0.29, 0.717) is 12.6 Å². The summed E-state index contributed by atoms with van der Waals surface area (Å²) in [6.45, 7) is 8.09. The van der Waals surface area contributed by atoms with Crippen molar-refractivity contribution in [3.05, 3.63) is 16.3 Å². The number of nitrogens with zero attached hydrogens (tertiary/aromatic N) is 6. The molecular weight excluding hydrogens is 358 g/mol. The van der Waals surface area contributed by atoms with Crippen LogP contribution in [0.4, 0.5) is 0 Å². The van der Waals surface area contributed by atoms with Crippen molar-refractivity contribution in [2.75, 3.05) is 53.0 Å². The highest BCUT2D eigenvalue weighted by Gasteiger charge is 2.30. The number of aliphatic imine (C=N–C) groups is 1. The van der Waals surface area contributed by atoms with Gasteiger partial charge >= 0.3 is 5.69 Å². The second-order valence-electron chi connectivity index (χ2n) is 7.90. The lowest BCUT2D eigenvalue weighted by molar-refractivity contribution is 0.0195. The SMILES string of the molecule is CN=C(NCCCn1nc2n(c1=O)CCCC2)N1CCC(N2CCOCC2)C1. The number of fused-ring (bicyclic) bond motifs is 1. The van der Waals surface area contributed by atoms with Gasteiger partial charge in [-0.05, 0) is 25.7 Å². The van der Waals surface area contributed by atoms with Crippen LogP contribution < -0.4 is 11.0 Å². The smallest absolute Gasteiger partial charge is 0.345 e. The van der Waals surface area contributed by atoms with Gasteiger partial charge in [0.2, 0.25) is 0 Å². The van der Waals surface area contributed by atoms with Gasteiger partial charge in [0.25, 0.3) is 0 Å². The van der Waals surface area contributed by atoms with Gasteiger partial charge < -0.3 is 15.0 Å². The van der Waals surface area contributed by atoms with Gasteiger partial charge in [-0.1, -0.05) is 0 Å². The first-order valence-corrected chi connectivity index (χ1v) is 10.7. The molecule has 9 nitrogen and oxygen atoms in total. The molecule has 1 N–H and O–H groups in total. The van der Waals surface area contributed by atoms with Crippen molar-refractivity contribution in [2.45, 2.75) is 51.2 Å². The van der Waals surface area contributed by atoms with Crippen LogP contribution in [0.1, 0.15) is 31.5 Å². The average molecular weight is 392 g/mol. The number of morpholine rings is 1. The Morgan fingerprint density at radius 1 is 1.25 bits per heavy atom. The fourth-order valence-electron chi connectivity index (χ4n) is 4.53. The molecule has 156 valence electrons. The molecule has 0 spiro atoms. The number of rotatable bonds is 5.